The summed E-state index contributed by atoms with van der Waals surface area (Å²) in [6.45, 7) is 6.27. The first kappa shape index (κ1) is 33.8. The van der Waals surface area contributed by atoms with Gasteiger partial charge in [-0.25, -0.2) is 24.9 Å². The predicted octanol–water partition coefficient (Wildman–Crippen LogP) is 13.4. The summed E-state index contributed by atoms with van der Waals surface area (Å²) in [4.78, 5) is 26.5. The third kappa shape index (κ3) is 5.53. The minimum atomic E-state index is 0.592. The molecule has 0 spiro atoms. The summed E-state index contributed by atoms with van der Waals surface area (Å²) in [6, 6.07) is 48.8. The maximum absolute atomic E-state index is 6.53. The highest BCUT2D eigenvalue weighted by Crippen LogP contribution is 2.43. The fourth-order valence-corrected chi connectivity index (χ4v) is 8.89. The lowest BCUT2D eigenvalue weighted by Crippen LogP contribution is -2.04. The number of para-hydroxylation sites is 2. The first-order valence-electron chi connectivity index (χ1n) is 19.0. The first-order chi connectivity index (χ1) is 28.6. The van der Waals surface area contributed by atoms with Gasteiger partial charge in [-0.15, -0.1) is 11.3 Å². The van der Waals surface area contributed by atoms with Gasteiger partial charge in [-0.05, 0) is 49.4 Å². The molecule has 0 saturated carbocycles. The van der Waals surface area contributed by atoms with Crippen LogP contribution >= 0.6 is 11.3 Å². The summed E-state index contributed by atoms with van der Waals surface area (Å²) in [5.41, 5.74) is 10.1. The van der Waals surface area contributed by atoms with Crippen LogP contribution in [0.15, 0.2) is 167 Å². The first-order valence-corrected chi connectivity index (χ1v) is 19.8. The van der Waals surface area contributed by atoms with Crippen LogP contribution in [0.25, 0.3) is 111 Å². The molecule has 0 aliphatic rings. The van der Waals surface area contributed by atoms with E-state index in [1.807, 2.05) is 128 Å². The lowest BCUT2D eigenvalue weighted by molar-refractivity contribution is 0.667. The van der Waals surface area contributed by atoms with Gasteiger partial charge in [-0.2, -0.15) is 0 Å². The zero-order valence-corrected chi connectivity index (χ0v) is 32.0. The Morgan fingerprint density at radius 1 is 0.534 bits per heavy atom. The van der Waals surface area contributed by atoms with Gasteiger partial charge in [0.25, 0.3) is 0 Å². The molecule has 6 aromatic carbocycles. The Morgan fingerprint density at radius 3 is 1.86 bits per heavy atom. The van der Waals surface area contributed by atoms with Crippen molar-refractivity contribution in [2.75, 3.05) is 0 Å². The molecule has 5 aromatic heterocycles. The summed E-state index contributed by atoms with van der Waals surface area (Å²) in [5, 5.41) is 4.07. The highest BCUT2D eigenvalue weighted by atomic mass is 32.1. The molecule has 274 valence electrons. The number of rotatable bonds is 7. The average molecular weight is 766 g/mol. The Bertz CT molecular complexity index is 3380. The van der Waals surface area contributed by atoms with Crippen LogP contribution in [0, 0.1) is 0 Å². The molecule has 58 heavy (non-hydrogen) atoms. The Balaban J connectivity index is 1.08. The second-order valence-corrected chi connectivity index (χ2v) is 15.1. The highest BCUT2D eigenvalue weighted by molar-refractivity contribution is 7.20. The fourth-order valence-electron chi connectivity index (χ4n) is 7.78. The number of benzene rings is 6. The second-order valence-electron chi connectivity index (χ2n) is 14.0. The Morgan fingerprint density at radius 2 is 1.16 bits per heavy atom. The third-order valence-corrected chi connectivity index (χ3v) is 11.7. The minimum Gasteiger partial charge on any atom is -0.456 e. The highest BCUT2D eigenvalue weighted by Gasteiger charge is 2.23. The molecule has 0 fully saturated rings. The second kappa shape index (κ2) is 13.6. The van der Waals surface area contributed by atoms with E-state index in [-0.39, 0.29) is 0 Å². The molecule has 0 amide bonds. The number of allylic oxidation sites excluding steroid dienone is 1. The van der Waals surface area contributed by atoms with E-state index < -0.39 is 0 Å². The summed E-state index contributed by atoms with van der Waals surface area (Å²) in [7, 11) is 0. The van der Waals surface area contributed by atoms with Crippen LogP contribution in [0.2, 0.25) is 0 Å². The largest absolute Gasteiger partial charge is 0.456 e. The van der Waals surface area contributed by atoms with E-state index in [1.54, 1.807) is 11.3 Å². The Hall–Kier alpha value is -7.55. The quantitative estimate of drug-likeness (QED) is 0.159. The van der Waals surface area contributed by atoms with Crippen LogP contribution < -0.4 is 0 Å². The molecular weight excluding hydrogens is 735 g/mol. The van der Waals surface area contributed by atoms with Crippen molar-refractivity contribution in [1.29, 1.82) is 0 Å². The van der Waals surface area contributed by atoms with Gasteiger partial charge in [0.05, 0.1) is 0 Å². The smallest absolute Gasteiger partial charge is 0.180 e. The average Bonchev–Trinajstić information content (AvgIpc) is 3.98. The molecule has 0 N–H and O–H groups in total. The maximum atomic E-state index is 6.53. The molecule has 0 atom stereocenters. The monoisotopic (exact) mass is 765 g/mol. The van der Waals surface area contributed by atoms with Crippen molar-refractivity contribution in [3.05, 3.63) is 175 Å². The Labute approximate surface area is 336 Å². The SMILES string of the molecule is C=Cc1sc2cc(-c3nc(-c4ccc5oc6ccccc6c5c4)nc4c3oc3ccccc34)ccc2c1/C(=C\C)c1nc(-c2ccccc2)nc(-c2ccccc2)n1. The maximum Gasteiger partial charge on any atom is 0.180 e. The standard InChI is InChI=1S/C50H31N5O2S/c1-3-33(50-54-47(29-15-7-5-8-16-29)53-48(55-50)30-17-9-6-10-18-30)43-36-25-23-31(28-42(36)58-41(43)4-2)44-46-45(35-20-12-14-22-39(35)57-46)52-49(51-44)32-24-26-40-37(27-32)34-19-11-13-21-38(34)56-40/h3-28H,2H2,1H3/b33-3+. The fraction of sp³-hybridized carbons (Fsp3) is 0.0200. The van der Waals surface area contributed by atoms with Gasteiger partial charge in [0.2, 0.25) is 0 Å². The molecule has 0 aliphatic heterocycles. The van der Waals surface area contributed by atoms with Crippen molar-refractivity contribution >= 4 is 77.1 Å². The number of thiophene rings is 1. The lowest BCUT2D eigenvalue weighted by atomic mass is 9.99. The zero-order valence-electron chi connectivity index (χ0n) is 31.2. The van der Waals surface area contributed by atoms with Gasteiger partial charge in [0, 0.05) is 64.5 Å². The van der Waals surface area contributed by atoms with Crippen molar-refractivity contribution in [3.63, 3.8) is 0 Å². The van der Waals surface area contributed by atoms with E-state index in [0.29, 0.717) is 34.6 Å². The number of hydrogen-bond donors (Lipinski definition) is 0. The van der Waals surface area contributed by atoms with Gasteiger partial charge in [-0.3, -0.25) is 0 Å². The van der Waals surface area contributed by atoms with Gasteiger partial charge < -0.3 is 8.83 Å². The molecule has 11 aromatic rings. The van der Waals surface area contributed by atoms with Crippen molar-refractivity contribution in [3.8, 4) is 45.4 Å². The Kier molecular flexibility index (Phi) is 7.91. The topological polar surface area (TPSA) is 90.7 Å². The molecule has 0 radical (unpaired) electrons. The number of furan rings is 2. The van der Waals surface area contributed by atoms with Gasteiger partial charge in [0.1, 0.15) is 28.0 Å². The minimum absolute atomic E-state index is 0.592. The molecule has 0 unspecified atom stereocenters. The van der Waals surface area contributed by atoms with E-state index in [2.05, 4.69) is 43.0 Å². The van der Waals surface area contributed by atoms with Crippen molar-refractivity contribution in [1.82, 2.24) is 24.9 Å². The van der Waals surface area contributed by atoms with Crippen LogP contribution in [0.4, 0.5) is 0 Å². The van der Waals surface area contributed by atoms with E-state index in [0.717, 1.165) is 86.8 Å². The normalized spacial score (nSPS) is 12.1. The molecule has 8 heteroatoms. The lowest BCUT2D eigenvalue weighted by Gasteiger charge is -2.12. The molecule has 11 rings (SSSR count). The summed E-state index contributed by atoms with van der Waals surface area (Å²) in [5.74, 6) is 2.42. The molecular formula is C50H31N5O2S. The van der Waals surface area contributed by atoms with Crippen LogP contribution in [0.1, 0.15) is 23.2 Å². The van der Waals surface area contributed by atoms with Crippen LogP contribution in [0.5, 0.6) is 0 Å². The zero-order chi connectivity index (χ0) is 38.7. The number of fused-ring (bicyclic) bond motifs is 7. The van der Waals surface area contributed by atoms with E-state index in [1.165, 1.54) is 0 Å². The molecule has 0 bridgehead atoms. The molecule has 7 nitrogen and oxygen atoms in total. The van der Waals surface area contributed by atoms with Crippen LogP contribution in [-0.2, 0) is 0 Å². The molecule has 5 heterocycles. The van der Waals surface area contributed by atoms with Crippen LogP contribution in [0.3, 0.4) is 0 Å². The van der Waals surface area contributed by atoms with Gasteiger partial charge in [-0.1, -0.05) is 122 Å². The summed E-state index contributed by atoms with van der Waals surface area (Å²) >= 11 is 1.67. The van der Waals surface area contributed by atoms with E-state index in [4.69, 9.17) is 33.8 Å². The molecule has 0 aliphatic carbocycles. The summed E-state index contributed by atoms with van der Waals surface area (Å²) < 4.78 is 13.7. The van der Waals surface area contributed by atoms with Crippen LogP contribution in [-0.4, -0.2) is 24.9 Å². The molecule has 0 saturated heterocycles. The van der Waals surface area contributed by atoms with Gasteiger partial charge >= 0.3 is 0 Å². The van der Waals surface area contributed by atoms with E-state index >= 15 is 0 Å². The third-order valence-electron chi connectivity index (χ3n) is 10.5. The number of aromatic nitrogens is 5. The predicted molar refractivity (Wildman–Crippen MR) is 236 cm³/mol. The summed E-state index contributed by atoms with van der Waals surface area (Å²) in [6.07, 6.45) is 3.99. The van der Waals surface area contributed by atoms with E-state index in [9.17, 15) is 0 Å². The van der Waals surface area contributed by atoms with Crippen molar-refractivity contribution in [2.24, 2.45) is 0 Å². The van der Waals surface area contributed by atoms with Crippen molar-refractivity contribution in [2.45, 2.75) is 6.92 Å². The van der Waals surface area contributed by atoms with Gasteiger partial charge in [0.15, 0.2) is 28.9 Å². The van der Waals surface area contributed by atoms with Crippen molar-refractivity contribution < 1.29 is 8.83 Å². The number of nitrogens with zero attached hydrogens (tertiary/aromatic N) is 5. The number of hydrogen-bond acceptors (Lipinski definition) is 8.